The van der Waals surface area contributed by atoms with E-state index in [1.165, 1.54) is 0 Å². The highest BCUT2D eigenvalue weighted by Crippen LogP contribution is 2.30. The Balaban J connectivity index is 2.13. The molecule has 4 nitrogen and oxygen atoms in total. The van der Waals surface area contributed by atoms with Gasteiger partial charge in [-0.1, -0.05) is 6.07 Å². The first-order valence-electron chi connectivity index (χ1n) is 5.34. The quantitative estimate of drug-likeness (QED) is 0.893. The molecular formula is C12H14BrNO3. The molecule has 0 aliphatic carbocycles. The number of carbonyl (C=O) groups excluding carboxylic acids is 1. The minimum Gasteiger partial charge on any atom is -0.395 e. The molecule has 1 aromatic rings. The molecule has 1 heterocycles. The molecule has 0 bridgehead atoms. The Bertz CT molecular complexity index is 438. The third-order valence-corrected chi connectivity index (χ3v) is 3.57. The van der Waals surface area contributed by atoms with E-state index in [-0.39, 0.29) is 25.7 Å². The summed E-state index contributed by atoms with van der Waals surface area (Å²) in [4.78, 5) is 12.0. The van der Waals surface area contributed by atoms with Crippen LogP contribution >= 0.6 is 15.9 Å². The number of anilines is 1. The molecule has 2 rings (SSSR count). The average Bonchev–Trinajstić information content (AvgIpc) is 2.21. The SMILES string of the molecule is Cc1ccc(NC(=O)C2(CO)COC2)c(Br)c1. The minimum absolute atomic E-state index is 0.192. The monoisotopic (exact) mass is 299 g/mol. The van der Waals surface area contributed by atoms with E-state index in [1.807, 2.05) is 25.1 Å². The standard InChI is InChI=1S/C12H14BrNO3/c1-8-2-3-10(9(13)4-8)14-11(16)12(5-15)6-17-7-12/h2-4,15H,5-7H2,1H3,(H,14,16). The molecule has 1 aliphatic rings. The number of aliphatic hydroxyl groups is 1. The lowest BCUT2D eigenvalue weighted by atomic mass is 9.86. The second kappa shape index (κ2) is 4.76. The van der Waals surface area contributed by atoms with E-state index in [0.29, 0.717) is 5.69 Å². The number of benzene rings is 1. The second-order valence-electron chi connectivity index (χ2n) is 4.37. The molecule has 1 aromatic carbocycles. The Morgan fingerprint density at radius 2 is 2.29 bits per heavy atom. The first-order chi connectivity index (χ1) is 8.07. The fourth-order valence-corrected chi connectivity index (χ4v) is 2.21. The summed E-state index contributed by atoms with van der Waals surface area (Å²) in [5, 5.41) is 12.1. The molecule has 0 spiro atoms. The van der Waals surface area contributed by atoms with Crippen molar-refractivity contribution in [2.24, 2.45) is 5.41 Å². The Hall–Kier alpha value is -0.910. The number of carbonyl (C=O) groups is 1. The van der Waals surface area contributed by atoms with Crippen molar-refractivity contribution in [3.05, 3.63) is 28.2 Å². The predicted molar refractivity (Wildman–Crippen MR) is 67.8 cm³/mol. The molecule has 92 valence electrons. The summed E-state index contributed by atoms with van der Waals surface area (Å²) in [7, 11) is 0. The molecule has 2 N–H and O–H groups in total. The molecule has 5 heteroatoms. The smallest absolute Gasteiger partial charge is 0.237 e. The van der Waals surface area contributed by atoms with Crippen LogP contribution in [0.15, 0.2) is 22.7 Å². The summed E-state index contributed by atoms with van der Waals surface area (Å²) in [6.07, 6.45) is 0. The largest absolute Gasteiger partial charge is 0.395 e. The van der Waals surface area contributed by atoms with E-state index < -0.39 is 5.41 Å². The number of rotatable bonds is 3. The van der Waals surface area contributed by atoms with Crippen molar-refractivity contribution in [3.63, 3.8) is 0 Å². The van der Waals surface area contributed by atoms with Crippen LogP contribution in [-0.2, 0) is 9.53 Å². The van der Waals surface area contributed by atoms with Gasteiger partial charge in [-0.2, -0.15) is 0 Å². The van der Waals surface area contributed by atoms with Crippen molar-refractivity contribution < 1.29 is 14.6 Å². The van der Waals surface area contributed by atoms with Crippen molar-refractivity contribution in [3.8, 4) is 0 Å². The van der Waals surface area contributed by atoms with Gasteiger partial charge in [-0.15, -0.1) is 0 Å². The van der Waals surface area contributed by atoms with Gasteiger partial charge < -0.3 is 15.2 Å². The number of hydrogen-bond acceptors (Lipinski definition) is 3. The minimum atomic E-state index is -0.773. The van der Waals surface area contributed by atoms with E-state index in [4.69, 9.17) is 4.74 Å². The van der Waals surface area contributed by atoms with Gasteiger partial charge in [-0.3, -0.25) is 4.79 Å². The van der Waals surface area contributed by atoms with Crippen LogP contribution < -0.4 is 5.32 Å². The van der Waals surface area contributed by atoms with Crippen LogP contribution in [0, 0.1) is 12.3 Å². The number of nitrogens with one attached hydrogen (secondary N) is 1. The maximum absolute atomic E-state index is 12.0. The van der Waals surface area contributed by atoms with Gasteiger partial charge in [-0.05, 0) is 40.5 Å². The van der Waals surface area contributed by atoms with E-state index in [9.17, 15) is 9.90 Å². The normalized spacial score (nSPS) is 17.4. The number of aliphatic hydroxyl groups excluding tert-OH is 1. The maximum Gasteiger partial charge on any atom is 0.237 e. The first-order valence-corrected chi connectivity index (χ1v) is 6.13. The second-order valence-corrected chi connectivity index (χ2v) is 5.22. The third-order valence-electron chi connectivity index (χ3n) is 2.91. The van der Waals surface area contributed by atoms with Crippen LogP contribution in [-0.4, -0.2) is 30.8 Å². The lowest BCUT2D eigenvalue weighted by Crippen LogP contribution is -2.54. The maximum atomic E-state index is 12.0. The lowest BCUT2D eigenvalue weighted by molar-refractivity contribution is -0.164. The van der Waals surface area contributed by atoms with Crippen LogP contribution in [0.5, 0.6) is 0 Å². The fourth-order valence-electron chi connectivity index (χ4n) is 1.62. The predicted octanol–water partition coefficient (Wildman–Crippen LogP) is 1.70. The van der Waals surface area contributed by atoms with Crippen molar-refractivity contribution >= 4 is 27.5 Å². The summed E-state index contributed by atoms with van der Waals surface area (Å²) in [6.45, 7) is 2.34. The van der Waals surface area contributed by atoms with Crippen LogP contribution in [0.3, 0.4) is 0 Å². The highest BCUT2D eigenvalue weighted by molar-refractivity contribution is 9.10. The number of ether oxygens (including phenoxy) is 1. The van der Waals surface area contributed by atoms with Gasteiger partial charge in [0, 0.05) is 4.47 Å². The molecule has 0 unspecified atom stereocenters. The Labute approximate surface area is 108 Å². The highest BCUT2D eigenvalue weighted by atomic mass is 79.9. The summed E-state index contributed by atoms with van der Waals surface area (Å²) < 4.78 is 5.84. The van der Waals surface area contributed by atoms with Crippen molar-refractivity contribution in [1.82, 2.24) is 0 Å². The van der Waals surface area contributed by atoms with Crippen molar-refractivity contribution in [1.29, 1.82) is 0 Å². The molecule has 0 saturated carbocycles. The Morgan fingerprint density at radius 1 is 1.59 bits per heavy atom. The zero-order valence-corrected chi connectivity index (χ0v) is 11.1. The zero-order valence-electron chi connectivity index (χ0n) is 9.50. The summed E-state index contributed by atoms with van der Waals surface area (Å²) in [5.41, 5.74) is 1.05. The molecule has 17 heavy (non-hydrogen) atoms. The van der Waals surface area contributed by atoms with Gasteiger partial charge >= 0.3 is 0 Å². The summed E-state index contributed by atoms with van der Waals surface area (Å²) in [5.74, 6) is -0.198. The summed E-state index contributed by atoms with van der Waals surface area (Å²) >= 11 is 3.40. The van der Waals surface area contributed by atoms with E-state index in [2.05, 4.69) is 21.2 Å². The van der Waals surface area contributed by atoms with E-state index >= 15 is 0 Å². The lowest BCUT2D eigenvalue weighted by Gasteiger charge is -2.38. The van der Waals surface area contributed by atoms with Gasteiger partial charge in [0.15, 0.2) is 0 Å². The van der Waals surface area contributed by atoms with Crippen molar-refractivity contribution in [2.45, 2.75) is 6.92 Å². The zero-order chi connectivity index (χ0) is 12.5. The van der Waals surface area contributed by atoms with Gasteiger partial charge in [0.1, 0.15) is 5.41 Å². The number of amides is 1. The van der Waals surface area contributed by atoms with E-state index in [0.717, 1.165) is 10.0 Å². The van der Waals surface area contributed by atoms with Gasteiger partial charge in [-0.25, -0.2) is 0 Å². The number of aryl methyl sites for hydroxylation is 1. The molecule has 1 fully saturated rings. The van der Waals surface area contributed by atoms with Gasteiger partial charge in [0.05, 0.1) is 25.5 Å². The molecule has 0 radical (unpaired) electrons. The number of halogens is 1. The van der Waals surface area contributed by atoms with Gasteiger partial charge in [0.25, 0.3) is 0 Å². The fraction of sp³-hybridized carbons (Fsp3) is 0.417. The molecule has 1 saturated heterocycles. The van der Waals surface area contributed by atoms with Crippen molar-refractivity contribution in [2.75, 3.05) is 25.1 Å². The molecular weight excluding hydrogens is 286 g/mol. The number of hydrogen-bond donors (Lipinski definition) is 2. The van der Waals surface area contributed by atoms with Crippen LogP contribution in [0.4, 0.5) is 5.69 Å². The van der Waals surface area contributed by atoms with Gasteiger partial charge in [0.2, 0.25) is 5.91 Å². The molecule has 1 aliphatic heterocycles. The Kier molecular flexibility index (Phi) is 3.51. The first kappa shape index (κ1) is 12.5. The average molecular weight is 300 g/mol. The Morgan fingerprint density at radius 3 is 2.76 bits per heavy atom. The highest BCUT2D eigenvalue weighted by Gasteiger charge is 2.45. The topological polar surface area (TPSA) is 58.6 Å². The molecule has 1 amide bonds. The molecule has 0 atom stereocenters. The van der Waals surface area contributed by atoms with Crippen LogP contribution in [0.2, 0.25) is 0 Å². The van der Waals surface area contributed by atoms with E-state index in [1.54, 1.807) is 0 Å². The van der Waals surface area contributed by atoms with Crippen LogP contribution in [0.25, 0.3) is 0 Å². The third kappa shape index (κ3) is 2.36. The molecule has 0 aromatic heterocycles. The van der Waals surface area contributed by atoms with Crippen LogP contribution in [0.1, 0.15) is 5.56 Å². The summed E-state index contributed by atoms with van der Waals surface area (Å²) in [6, 6.07) is 5.68.